The van der Waals surface area contributed by atoms with E-state index in [9.17, 15) is 0 Å². The molecule has 0 aliphatic carbocycles. The minimum atomic E-state index is -0.195. The average molecular weight is 440 g/mol. The molecule has 7 heteroatoms. The molecule has 172 valence electrons. The molecule has 1 heterocycles. The monoisotopic (exact) mass is 439 g/mol. The Hall–Kier alpha value is -2.41. The number of rotatable bonds is 12. The molecule has 2 aromatic carbocycles. The van der Waals surface area contributed by atoms with E-state index in [0.717, 1.165) is 11.1 Å². The van der Waals surface area contributed by atoms with Gasteiger partial charge in [-0.3, -0.25) is 0 Å². The molecule has 2 unspecified atom stereocenters. The molecule has 0 saturated carbocycles. The molecule has 0 bridgehead atoms. The summed E-state index contributed by atoms with van der Waals surface area (Å²) < 4.78 is 24.8. The van der Waals surface area contributed by atoms with E-state index < -0.39 is 0 Å². The number of hydrogen-bond donors (Lipinski definition) is 0. The second-order valence-corrected chi connectivity index (χ2v) is 8.14. The van der Waals surface area contributed by atoms with Crippen LogP contribution in [0.5, 0.6) is 0 Å². The lowest BCUT2D eigenvalue weighted by molar-refractivity contribution is -0.234. The number of azide groups is 1. The summed E-state index contributed by atoms with van der Waals surface area (Å²) >= 11 is 0. The molecule has 0 N–H and O–H groups in total. The normalized spacial score (nSPS) is 25.2. The molecular weight excluding hydrogens is 406 g/mol. The van der Waals surface area contributed by atoms with Crippen molar-refractivity contribution >= 4 is 0 Å². The van der Waals surface area contributed by atoms with Gasteiger partial charge in [-0.2, -0.15) is 0 Å². The van der Waals surface area contributed by atoms with Crippen LogP contribution in [0.4, 0.5) is 0 Å². The highest BCUT2D eigenvalue weighted by molar-refractivity contribution is 5.14. The molecule has 1 aliphatic heterocycles. The van der Waals surface area contributed by atoms with Crippen LogP contribution in [-0.4, -0.2) is 44.2 Å². The predicted molar refractivity (Wildman–Crippen MR) is 123 cm³/mol. The Labute approximate surface area is 190 Å². The van der Waals surface area contributed by atoms with Crippen molar-refractivity contribution < 1.29 is 18.9 Å². The fourth-order valence-electron chi connectivity index (χ4n) is 4.08. The summed E-state index contributed by atoms with van der Waals surface area (Å²) in [5.41, 5.74) is 10.6. The van der Waals surface area contributed by atoms with Crippen LogP contribution >= 0.6 is 0 Å². The predicted octanol–water partition coefficient (Wildman–Crippen LogP) is 5.30. The van der Waals surface area contributed by atoms with Gasteiger partial charge in [0, 0.05) is 24.0 Å². The van der Waals surface area contributed by atoms with Crippen LogP contribution in [0.15, 0.2) is 65.8 Å². The van der Waals surface area contributed by atoms with Crippen molar-refractivity contribution in [3.05, 3.63) is 82.2 Å². The zero-order chi connectivity index (χ0) is 22.6. The Kier molecular flexibility index (Phi) is 10.0. The van der Waals surface area contributed by atoms with Crippen LogP contribution < -0.4 is 0 Å². The van der Waals surface area contributed by atoms with Gasteiger partial charge < -0.3 is 18.9 Å². The maximum absolute atomic E-state index is 8.38. The smallest absolute Gasteiger partial charge is 0.108 e. The molecule has 0 radical (unpaired) electrons. The van der Waals surface area contributed by atoms with Crippen molar-refractivity contribution in [2.75, 3.05) is 19.8 Å². The first-order chi connectivity index (χ1) is 15.7. The van der Waals surface area contributed by atoms with E-state index in [1.54, 1.807) is 0 Å². The molecule has 7 nitrogen and oxygen atoms in total. The summed E-state index contributed by atoms with van der Waals surface area (Å²) in [4.78, 5) is 2.77. The first-order valence-corrected chi connectivity index (χ1v) is 11.2. The summed E-state index contributed by atoms with van der Waals surface area (Å²) in [6, 6.07) is 20.3. The van der Waals surface area contributed by atoms with Gasteiger partial charge >= 0.3 is 0 Å². The van der Waals surface area contributed by atoms with Crippen LogP contribution in [-0.2, 0) is 32.2 Å². The molecule has 3 rings (SSSR count). The van der Waals surface area contributed by atoms with Gasteiger partial charge in [0.15, 0.2) is 0 Å². The topological polar surface area (TPSA) is 85.7 Å². The Bertz CT molecular complexity index is 830. The largest absolute Gasteiger partial charge is 0.379 e. The molecule has 0 aromatic heterocycles. The fourth-order valence-corrected chi connectivity index (χ4v) is 4.08. The Balaban J connectivity index is 1.62. The maximum Gasteiger partial charge on any atom is 0.108 e. The first kappa shape index (κ1) is 24.2. The average Bonchev–Trinajstić information content (AvgIpc) is 2.82. The van der Waals surface area contributed by atoms with Crippen LogP contribution in [0.3, 0.4) is 0 Å². The minimum absolute atomic E-state index is 0.0814. The van der Waals surface area contributed by atoms with Gasteiger partial charge in [-0.1, -0.05) is 72.7 Å². The number of hydrogen-bond acceptors (Lipinski definition) is 5. The minimum Gasteiger partial charge on any atom is -0.379 e. The van der Waals surface area contributed by atoms with E-state index in [2.05, 4.69) is 41.2 Å². The van der Waals surface area contributed by atoms with Crippen LogP contribution in [0.25, 0.3) is 10.4 Å². The Morgan fingerprint density at radius 3 is 2.09 bits per heavy atom. The maximum atomic E-state index is 8.38. The highest BCUT2D eigenvalue weighted by Crippen LogP contribution is 2.32. The van der Waals surface area contributed by atoms with Crippen LogP contribution in [0, 0.1) is 5.92 Å². The van der Waals surface area contributed by atoms with Crippen LogP contribution in [0.2, 0.25) is 0 Å². The molecule has 0 amide bonds. The van der Waals surface area contributed by atoms with E-state index >= 15 is 0 Å². The molecule has 1 aliphatic rings. The van der Waals surface area contributed by atoms with E-state index in [1.807, 2.05) is 43.3 Å². The lowest BCUT2D eigenvalue weighted by atomic mass is 9.87. The SMILES string of the molecule is C[C@@H]1C(OCc2ccccc2)[C@@H](C)OC(COCCCN=[N+]=[N-])[C@@H]1OCc1ccccc1. The number of ether oxygens (including phenoxy) is 4. The lowest BCUT2D eigenvalue weighted by Crippen LogP contribution is -2.55. The Morgan fingerprint density at radius 1 is 0.906 bits per heavy atom. The number of benzene rings is 2. The number of nitrogens with zero attached hydrogens (tertiary/aromatic N) is 3. The second-order valence-electron chi connectivity index (χ2n) is 8.14. The van der Waals surface area contributed by atoms with Crippen molar-refractivity contribution in [3.63, 3.8) is 0 Å². The van der Waals surface area contributed by atoms with E-state index in [-0.39, 0.29) is 30.3 Å². The first-order valence-electron chi connectivity index (χ1n) is 11.2. The van der Waals surface area contributed by atoms with Gasteiger partial charge in [0.2, 0.25) is 0 Å². The molecule has 1 saturated heterocycles. The van der Waals surface area contributed by atoms with Gasteiger partial charge in [-0.05, 0) is 30.0 Å². The standard InChI is InChI=1S/C25H33N3O4/c1-19-24(30-16-21-10-5-3-6-11-21)20(2)32-23(18-29-15-9-14-27-28-26)25(19)31-17-22-12-7-4-8-13-22/h3-8,10-13,19-20,23-25H,9,14-18H2,1-2H3/t19-,20-,23?,24?,25-/m1/s1. The third kappa shape index (κ3) is 7.33. The highest BCUT2D eigenvalue weighted by Gasteiger charge is 2.43. The lowest BCUT2D eigenvalue weighted by Gasteiger charge is -2.44. The molecule has 5 atom stereocenters. The van der Waals surface area contributed by atoms with Crippen molar-refractivity contribution in [3.8, 4) is 0 Å². The van der Waals surface area contributed by atoms with Crippen molar-refractivity contribution in [2.45, 2.75) is 57.9 Å². The van der Waals surface area contributed by atoms with Crippen molar-refractivity contribution in [2.24, 2.45) is 11.0 Å². The third-order valence-corrected chi connectivity index (χ3v) is 5.72. The fraction of sp³-hybridized carbons (Fsp3) is 0.520. The summed E-state index contributed by atoms with van der Waals surface area (Å²) in [6.45, 7) is 6.63. The Morgan fingerprint density at radius 2 is 1.50 bits per heavy atom. The van der Waals surface area contributed by atoms with Gasteiger partial charge in [0.05, 0.1) is 38.1 Å². The van der Waals surface area contributed by atoms with Crippen molar-refractivity contribution in [1.82, 2.24) is 0 Å². The molecule has 1 fully saturated rings. The van der Waals surface area contributed by atoms with E-state index in [1.165, 1.54) is 0 Å². The molecular formula is C25H33N3O4. The summed E-state index contributed by atoms with van der Waals surface area (Å²) in [5.74, 6) is 0.128. The zero-order valence-corrected chi connectivity index (χ0v) is 18.9. The summed E-state index contributed by atoms with van der Waals surface area (Å²) in [6.07, 6.45) is 0.156. The molecule has 32 heavy (non-hydrogen) atoms. The van der Waals surface area contributed by atoms with Gasteiger partial charge in [-0.15, -0.1) is 0 Å². The van der Waals surface area contributed by atoms with Gasteiger partial charge in [0.25, 0.3) is 0 Å². The van der Waals surface area contributed by atoms with E-state index in [4.69, 9.17) is 24.5 Å². The highest BCUT2D eigenvalue weighted by atomic mass is 16.6. The van der Waals surface area contributed by atoms with Gasteiger partial charge in [0.1, 0.15) is 6.10 Å². The van der Waals surface area contributed by atoms with Crippen LogP contribution in [0.1, 0.15) is 31.4 Å². The summed E-state index contributed by atoms with van der Waals surface area (Å²) in [5, 5.41) is 3.54. The summed E-state index contributed by atoms with van der Waals surface area (Å²) in [7, 11) is 0. The zero-order valence-electron chi connectivity index (χ0n) is 18.9. The van der Waals surface area contributed by atoms with E-state index in [0.29, 0.717) is 39.4 Å². The molecule has 0 spiro atoms. The van der Waals surface area contributed by atoms with Crippen molar-refractivity contribution in [1.29, 1.82) is 0 Å². The third-order valence-electron chi connectivity index (χ3n) is 5.72. The van der Waals surface area contributed by atoms with Gasteiger partial charge in [-0.25, -0.2) is 0 Å². The molecule has 2 aromatic rings. The quantitative estimate of drug-likeness (QED) is 0.194. The second kappa shape index (κ2) is 13.2.